The van der Waals surface area contributed by atoms with Gasteiger partial charge in [-0.25, -0.2) is 0 Å². The second kappa shape index (κ2) is 11.8. The standard InChI is InChI=1S/C22H28NO7P/c1-5-29-31(26,30-6-2)15-19-13-17(3)21(22(14-19)28-16-27-4)12-9-18-7-10-20(11-8-18)23(24)25/h7-14H,5-6,15-16H2,1-4H3/b12-9+. The van der Waals surface area contributed by atoms with Crippen molar-refractivity contribution < 1.29 is 28.0 Å². The molecule has 0 saturated carbocycles. The summed E-state index contributed by atoms with van der Waals surface area (Å²) in [5.74, 6) is 0.564. The number of benzene rings is 2. The number of ether oxygens (including phenoxy) is 2. The number of nitro groups is 1. The number of rotatable bonds is 12. The van der Waals surface area contributed by atoms with Gasteiger partial charge in [0, 0.05) is 24.8 Å². The Kier molecular flexibility index (Phi) is 9.40. The summed E-state index contributed by atoms with van der Waals surface area (Å²) in [6.07, 6.45) is 3.85. The first-order valence-corrected chi connectivity index (χ1v) is 11.6. The van der Waals surface area contributed by atoms with Gasteiger partial charge in [-0.05, 0) is 55.7 Å². The van der Waals surface area contributed by atoms with E-state index in [9.17, 15) is 14.7 Å². The Morgan fingerprint density at radius 2 is 1.71 bits per heavy atom. The molecule has 0 aromatic heterocycles. The Bertz CT molecular complexity index is 947. The molecule has 0 aliphatic heterocycles. The molecule has 0 unspecified atom stereocenters. The fourth-order valence-corrected chi connectivity index (χ4v) is 4.69. The largest absolute Gasteiger partial charge is 0.467 e. The van der Waals surface area contributed by atoms with Gasteiger partial charge in [0.15, 0.2) is 6.79 Å². The molecule has 0 heterocycles. The third-order valence-electron chi connectivity index (χ3n) is 4.32. The summed E-state index contributed by atoms with van der Waals surface area (Å²) in [6.45, 7) is 6.10. The molecule has 0 bridgehead atoms. The number of non-ortho nitro benzene ring substituents is 1. The Morgan fingerprint density at radius 1 is 1.06 bits per heavy atom. The fourth-order valence-electron chi connectivity index (χ4n) is 3.02. The van der Waals surface area contributed by atoms with Gasteiger partial charge < -0.3 is 18.5 Å². The molecule has 0 amide bonds. The lowest BCUT2D eigenvalue weighted by molar-refractivity contribution is -0.384. The molecule has 9 heteroatoms. The molecule has 0 fully saturated rings. The number of nitro benzene ring substituents is 1. The summed E-state index contributed by atoms with van der Waals surface area (Å²) in [6, 6.07) is 9.98. The van der Waals surface area contributed by atoms with Crippen molar-refractivity contribution in [3.8, 4) is 5.75 Å². The SMILES string of the molecule is CCOP(=O)(Cc1cc(C)c(/C=C/c2ccc([N+](=O)[O-])cc2)c(OCOC)c1)OCC. The van der Waals surface area contributed by atoms with Crippen LogP contribution in [0.3, 0.4) is 0 Å². The van der Waals surface area contributed by atoms with E-state index in [0.29, 0.717) is 19.0 Å². The van der Waals surface area contributed by atoms with Crippen LogP contribution in [0.25, 0.3) is 12.2 Å². The zero-order valence-corrected chi connectivity index (χ0v) is 19.1. The minimum atomic E-state index is -3.26. The number of hydrogen-bond acceptors (Lipinski definition) is 7. The molecule has 2 aromatic carbocycles. The van der Waals surface area contributed by atoms with E-state index in [1.54, 1.807) is 32.0 Å². The molecular formula is C22H28NO7P. The predicted molar refractivity (Wildman–Crippen MR) is 120 cm³/mol. The van der Waals surface area contributed by atoms with Crippen molar-refractivity contribution in [2.24, 2.45) is 0 Å². The van der Waals surface area contributed by atoms with Crippen molar-refractivity contribution >= 4 is 25.4 Å². The van der Waals surface area contributed by atoms with E-state index in [1.807, 2.05) is 25.1 Å². The lowest BCUT2D eigenvalue weighted by Gasteiger charge is -2.19. The molecule has 0 saturated heterocycles. The van der Waals surface area contributed by atoms with Crippen LogP contribution in [0.5, 0.6) is 5.75 Å². The Hall–Kier alpha value is -2.51. The normalized spacial score (nSPS) is 11.7. The highest BCUT2D eigenvalue weighted by molar-refractivity contribution is 7.53. The van der Waals surface area contributed by atoms with Gasteiger partial charge in [0.25, 0.3) is 5.69 Å². The van der Waals surface area contributed by atoms with Gasteiger partial charge in [-0.2, -0.15) is 0 Å². The van der Waals surface area contributed by atoms with Crippen molar-refractivity contribution in [2.45, 2.75) is 26.9 Å². The smallest absolute Gasteiger partial charge is 0.335 e. The first-order chi connectivity index (χ1) is 14.8. The molecule has 0 atom stereocenters. The highest BCUT2D eigenvalue weighted by Gasteiger charge is 2.25. The molecule has 2 aromatic rings. The van der Waals surface area contributed by atoms with E-state index >= 15 is 0 Å². The highest BCUT2D eigenvalue weighted by Crippen LogP contribution is 2.51. The van der Waals surface area contributed by atoms with E-state index in [4.69, 9.17) is 18.5 Å². The molecular weight excluding hydrogens is 421 g/mol. The second-order valence-corrected chi connectivity index (χ2v) is 8.72. The minimum Gasteiger partial charge on any atom is -0.467 e. The minimum absolute atomic E-state index is 0.0369. The van der Waals surface area contributed by atoms with Crippen molar-refractivity contribution in [1.29, 1.82) is 0 Å². The van der Waals surface area contributed by atoms with E-state index in [1.165, 1.54) is 19.2 Å². The first-order valence-electron chi connectivity index (χ1n) is 9.87. The fraction of sp³-hybridized carbons (Fsp3) is 0.364. The summed E-state index contributed by atoms with van der Waals surface area (Å²) in [5.41, 5.74) is 3.34. The molecule has 2 rings (SSSR count). The van der Waals surface area contributed by atoms with Crippen molar-refractivity contribution in [3.05, 3.63) is 68.8 Å². The van der Waals surface area contributed by atoms with Crippen LogP contribution >= 0.6 is 7.60 Å². The van der Waals surface area contributed by atoms with Crippen LogP contribution in [0.1, 0.15) is 36.1 Å². The van der Waals surface area contributed by atoms with Crippen LogP contribution < -0.4 is 4.74 Å². The lowest BCUT2D eigenvalue weighted by atomic mass is 10.0. The third-order valence-corrected chi connectivity index (χ3v) is 6.37. The Morgan fingerprint density at radius 3 is 2.26 bits per heavy atom. The predicted octanol–water partition coefficient (Wildman–Crippen LogP) is 5.82. The van der Waals surface area contributed by atoms with Gasteiger partial charge in [-0.3, -0.25) is 14.7 Å². The molecule has 0 spiro atoms. The molecule has 31 heavy (non-hydrogen) atoms. The number of methoxy groups -OCH3 is 1. The summed E-state index contributed by atoms with van der Waals surface area (Å²) in [7, 11) is -1.73. The summed E-state index contributed by atoms with van der Waals surface area (Å²) >= 11 is 0. The van der Waals surface area contributed by atoms with Gasteiger partial charge in [0.2, 0.25) is 0 Å². The molecule has 8 nitrogen and oxygen atoms in total. The summed E-state index contributed by atoms with van der Waals surface area (Å²) in [4.78, 5) is 10.4. The zero-order valence-electron chi connectivity index (χ0n) is 18.2. The van der Waals surface area contributed by atoms with Crippen LogP contribution in [0.15, 0.2) is 36.4 Å². The quantitative estimate of drug-likeness (QED) is 0.132. The molecule has 0 N–H and O–H groups in total. The molecule has 0 aliphatic rings. The molecule has 0 aliphatic carbocycles. The average molecular weight is 449 g/mol. The topological polar surface area (TPSA) is 97.1 Å². The maximum absolute atomic E-state index is 12.9. The Balaban J connectivity index is 2.36. The highest BCUT2D eigenvalue weighted by atomic mass is 31.2. The van der Waals surface area contributed by atoms with E-state index in [2.05, 4.69) is 0 Å². The maximum Gasteiger partial charge on any atom is 0.335 e. The van der Waals surface area contributed by atoms with Gasteiger partial charge >= 0.3 is 7.60 Å². The van der Waals surface area contributed by atoms with Gasteiger partial charge in [-0.1, -0.05) is 18.2 Å². The van der Waals surface area contributed by atoms with Crippen molar-refractivity contribution in [2.75, 3.05) is 27.1 Å². The van der Waals surface area contributed by atoms with Gasteiger partial charge in [-0.15, -0.1) is 0 Å². The van der Waals surface area contributed by atoms with E-state index in [0.717, 1.165) is 22.3 Å². The van der Waals surface area contributed by atoms with Gasteiger partial charge in [0.05, 0.1) is 24.3 Å². The number of aryl methyl sites for hydroxylation is 1. The number of hydrogen-bond donors (Lipinski definition) is 0. The summed E-state index contributed by atoms with van der Waals surface area (Å²) < 4.78 is 34.5. The third kappa shape index (κ3) is 7.29. The van der Waals surface area contributed by atoms with Crippen molar-refractivity contribution in [1.82, 2.24) is 0 Å². The van der Waals surface area contributed by atoms with Crippen LogP contribution in [0.2, 0.25) is 0 Å². The second-order valence-electron chi connectivity index (χ2n) is 6.66. The van der Waals surface area contributed by atoms with Crippen LogP contribution in [0, 0.1) is 17.0 Å². The summed E-state index contributed by atoms with van der Waals surface area (Å²) in [5, 5.41) is 10.8. The van der Waals surface area contributed by atoms with Crippen molar-refractivity contribution in [3.63, 3.8) is 0 Å². The van der Waals surface area contributed by atoms with E-state index in [-0.39, 0.29) is 18.6 Å². The lowest BCUT2D eigenvalue weighted by Crippen LogP contribution is -2.04. The molecule has 0 radical (unpaired) electrons. The van der Waals surface area contributed by atoms with E-state index < -0.39 is 12.5 Å². The van der Waals surface area contributed by atoms with Crippen LogP contribution in [0.4, 0.5) is 5.69 Å². The average Bonchev–Trinajstić information content (AvgIpc) is 2.72. The van der Waals surface area contributed by atoms with Gasteiger partial charge in [0.1, 0.15) is 5.75 Å². The van der Waals surface area contributed by atoms with Crippen LogP contribution in [-0.2, 0) is 24.5 Å². The first kappa shape index (κ1) is 24.8. The number of nitrogens with zero attached hydrogens (tertiary/aromatic N) is 1. The Labute approximate surface area is 182 Å². The molecule has 168 valence electrons. The maximum atomic E-state index is 12.9. The monoisotopic (exact) mass is 449 g/mol. The van der Waals surface area contributed by atoms with Crippen LogP contribution in [-0.4, -0.2) is 32.0 Å². The zero-order chi connectivity index (χ0) is 22.9.